The van der Waals surface area contributed by atoms with Crippen LogP contribution in [0.25, 0.3) is 10.3 Å². The van der Waals surface area contributed by atoms with E-state index in [2.05, 4.69) is 9.97 Å². The molecule has 1 aliphatic heterocycles. The number of thiazole rings is 1. The molecule has 3 rings (SSSR count). The number of anilines is 1. The number of fused-ring (bicyclic) bond motifs is 1. The molecule has 9 nitrogen and oxygen atoms in total. The zero-order chi connectivity index (χ0) is 14.4. The number of thioether (sulfide) groups is 1. The second kappa shape index (κ2) is 4.61. The summed E-state index contributed by atoms with van der Waals surface area (Å²) in [5, 5.41) is 8.88. The van der Waals surface area contributed by atoms with Crippen molar-refractivity contribution in [3.05, 3.63) is 20.0 Å². The van der Waals surface area contributed by atoms with E-state index in [-0.39, 0.29) is 22.0 Å². The van der Waals surface area contributed by atoms with Crippen LogP contribution in [-0.4, -0.2) is 36.8 Å². The summed E-state index contributed by atoms with van der Waals surface area (Å²) in [6.45, 7) is 0. The molecule has 2 aromatic heterocycles. The number of carboxylic acid groups (broad SMARTS) is 1. The van der Waals surface area contributed by atoms with Crippen LogP contribution in [-0.2, 0) is 9.53 Å². The molecule has 1 unspecified atom stereocenters. The Morgan fingerprint density at radius 3 is 2.95 bits per heavy atom. The lowest BCUT2D eigenvalue weighted by Gasteiger charge is -2.11. The predicted molar refractivity (Wildman–Crippen MR) is 72.9 cm³/mol. The van der Waals surface area contributed by atoms with Gasteiger partial charge in [0, 0.05) is 5.75 Å². The molecular weight excluding hydrogens is 308 g/mol. The van der Waals surface area contributed by atoms with Crippen LogP contribution >= 0.6 is 23.1 Å². The first-order chi connectivity index (χ1) is 9.47. The van der Waals surface area contributed by atoms with Crippen LogP contribution in [0.1, 0.15) is 6.23 Å². The summed E-state index contributed by atoms with van der Waals surface area (Å²) in [6, 6.07) is 0. The summed E-state index contributed by atoms with van der Waals surface area (Å²) in [7, 11) is 0. The first-order valence-electron chi connectivity index (χ1n) is 5.38. The average Bonchev–Trinajstić information content (AvgIpc) is 2.93. The lowest BCUT2D eigenvalue weighted by molar-refractivity contribution is -0.147. The summed E-state index contributed by atoms with van der Waals surface area (Å²) < 4.78 is 6.58. The van der Waals surface area contributed by atoms with Gasteiger partial charge in [-0.15, -0.1) is 11.8 Å². The minimum atomic E-state index is -1.12. The molecule has 0 aliphatic carbocycles. The maximum absolute atomic E-state index is 12.0. The predicted octanol–water partition coefficient (Wildman–Crippen LogP) is -0.599. The molecule has 0 amide bonds. The zero-order valence-corrected chi connectivity index (χ0v) is 11.4. The number of aliphatic carboxylic acids is 1. The average molecular weight is 316 g/mol. The van der Waals surface area contributed by atoms with Crippen molar-refractivity contribution in [2.24, 2.45) is 0 Å². The van der Waals surface area contributed by atoms with Crippen LogP contribution in [0.15, 0.2) is 9.59 Å². The van der Waals surface area contributed by atoms with Crippen molar-refractivity contribution in [3.63, 3.8) is 0 Å². The van der Waals surface area contributed by atoms with Gasteiger partial charge in [0.2, 0.25) is 11.4 Å². The van der Waals surface area contributed by atoms with Gasteiger partial charge < -0.3 is 15.6 Å². The number of rotatable bonds is 2. The summed E-state index contributed by atoms with van der Waals surface area (Å²) in [6.07, 6.45) is -0.781. The second-order valence-corrected chi connectivity index (χ2v) is 5.99. The number of nitrogen functional groups attached to an aromatic ring is 1. The number of hydrogen-bond donors (Lipinski definition) is 3. The molecule has 2 aromatic rings. The first kappa shape index (κ1) is 13.1. The van der Waals surface area contributed by atoms with Gasteiger partial charge in [0.25, 0.3) is 5.56 Å². The highest BCUT2D eigenvalue weighted by Crippen LogP contribution is 2.32. The monoisotopic (exact) mass is 316 g/mol. The summed E-state index contributed by atoms with van der Waals surface area (Å²) >= 11 is 1.78. The maximum atomic E-state index is 12.0. The molecule has 0 aromatic carbocycles. The number of nitrogens with two attached hydrogens (primary N) is 1. The quantitative estimate of drug-likeness (QED) is 0.667. The number of hydrogen-bond acceptors (Lipinski definition) is 8. The normalized spacial score (nSPS) is 22.4. The van der Waals surface area contributed by atoms with Crippen molar-refractivity contribution in [2.45, 2.75) is 11.7 Å². The van der Waals surface area contributed by atoms with Gasteiger partial charge in [-0.3, -0.25) is 19.1 Å². The molecule has 0 saturated carbocycles. The van der Waals surface area contributed by atoms with Gasteiger partial charge in [0.15, 0.2) is 11.9 Å². The summed E-state index contributed by atoms with van der Waals surface area (Å²) in [5.74, 6) is -0.957. The Balaban J connectivity index is 2.13. The fourth-order valence-electron chi connectivity index (χ4n) is 1.86. The van der Waals surface area contributed by atoms with Gasteiger partial charge in [-0.2, -0.15) is 4.98 Å². The number of H-pyrrole nitrogens is 1. The van der Waals surface area contributed by atoms with Gasteiger partial charge in [-0.1, -0.05) is 11.3 Å². The van der Waals surface area contributed by atoms with Crippen LogP contribution < -0.4 is 16.2 Å². The van der Waals surface area contributed by atoms with Crippen LogP contribution in [0.4, 0.5) is 5.95 Å². The SMILES string of the molecule is Nc1nc2c(sc(=O)n2C2CS[C@@H](C(=O)O)O2)c(=O)[nH]1. The minimum Gasteiger partial charge on any atom is -0.479 e. The molecule has 4 N–H and O–H groups in total. The molecule has 1 saturated heterocycles. The highest BCUT2D eigenvalue weighted by molar-refractivity contribution is 8.00. The molecule has 1 fully saturated rings. The third-order valence-electron chi connectivity index (χ3n) is 2.65. The van der Waals surface area contributed by atoms with E-state index in [0.717, 1.165) is 23.1 Å². The van der Waals surface area contributed by atoms with E-state index in [1.54, 1.807) is 0 Å². The van der Waals surface area contributed by atoms with Gasteiger partial charge in [-0.05, 0) is 0 Å². The topological polar surface area (TPSA) is 140 Å². The number of aromatic nitrogens is 3. The third-order valence-corrected chi connectivity index (χ3v) is 4.69. The van der Waals surface area contributed by atoms with Crippen molar-refractivity contribution in [1.29, 1.82) is 0 Å². The molecule has 106 valence electrons. The highest BCUT2D eigenvalue weighted by atomic mass is 32.2. The van der Waals surface area contributed by atoms with E-state index in [4.69, 9.17) is 15.6 Å². The number of carboxylic acids is 1. The second-order valence-electron chi connectivity index (χ2n) is 3.94. The molecule has 3 heterocycles. The zero-order valence-electron chi connectivity index (χ0n) is 9.73. The third kappa shape index (κ3) is 1.99. The van der Waals surface area contributed by atoms with Crippen molar-refractivity contribution in [3.8, 4) is 0 Å². The molecular formula is C9H8N4O5S2. The van der Waals surface area contributed by atoms with Crippen molar-refractivity contribution < 1.29 is 14.6 Å². The Morgan fingerprint density at radius 2 is 2.30 bits per heavy atom. The van der Waals surface area contributed by atoms with Gasteiger partial charge in [0.05, 0.1) is 0 Å². The Labute approximate surface area is 118 Å². The van der Waals surface area contributed by atoms with Crippen LogP contribution in [0, 0.1) is 0 Å². The lowest BCUT2D eigenvalue weighted by Crippen LogP contribution is -2.24. The highest BCUT2D eigenvalue weighted by Gasteiger charge is 2.34. The molecule has 0 radical (unpaired) electrons. The molecule has 20 heavy (non-hydrogen) atoms. The van der Waals surface area contributed by atoms with Crippen molar-refractivity contribution in [1.82, 2.24) is 14.5 Å². The van der Waals surface area contributed by atoms with Gasteiger partial charge >= 0.3 is 10.8 Å². The standard InChI is InChI=1S/C9H8N4O5S2/c10-8-11-4-3(5(14)12-8)20-9(17)13(4)2-1-19-7(18-2)6(15)16/h2,7H,1H2,(H,15,16)(H3,10,11,12,14)/t2?,7-/m0/s1. The fraction of sp³-hybridized carbons (Fsp3) is 0.333. The number of aromatic amines is 1. The summed E-state index contributed by atoms with van der Waals surface area (Å²) in [4.78, 5) is 40.3. The molecule has 2 atom stereocenters. The van der Waals surface area contributed by atoms with E-state index in [9.17, 15) is 14.4 Å². The number of nitrogens with zero attached hydrogens (tertiary/aromatic N) is 2. The summed E-state index contributed by atoms with van der Waals surface area (Å²) in [5.41, 5.74) is 4.02. The molecule has 0 bridgehead atoms. The lowest BCUT2D eigenvalue weighted by atomic mass is 10.5. The maximum Gasteiger partial charge on any atom is 0.343 e. The smallest absolute Gasteiger partial charge is 0.343 e. The van der Waals surface area contributed by atoms with Crippen LogP contribution in [0.3, 0.4) is 0 Å². The Kier molecular flexibility index (Phi) is 3.03. The van der Waals surface area contributed by atoms with E-state index in [1.165, 1.54) is 4.57 Å². The molecule has 0 spiro atoms. The van der Waals surface area contributed by atoms with Crippen LogP contribution in [0.2, 0.25) is 0 Å². The minimum absolute atomic E-state index is 0.109. The Hall–Kier alpha value is -1.85. The molecule has 1 aliphatic rings. The van der Waals surface area contributed by atoms with Crippen molar-refractivity contribution >= 4 is 45.4 Å². The van der Waals surface area contributed by atoms with E-state index in [0.29, 0.717) is 0 Å². The van der Waals surface area contributed by atoms with E-state index < -0.39 is 28.1 Å². The first-order valence-corrected chi connectivity index (χ1v) is 7.24. The fourth-order valence-corrected chi connectivity index (χ4v) is 3.63. The Morgan fingerprint density at radius 1 is 1.55 bits per heavy atom. The molecule has 11 heteroatoms. The van der Waals surface area contributed by atoms with Crippen molar-refractivity contribution in [2.75, 3.05) is 11.5 Å². The van der Waals surface area contributed by atoms with Crippen LogP contribution in [0.5, 0.6) is 0 Å². The van der Waals surface area contributed by atoms with Gasteiger partial charge in [0.1, 0.15) is 4.70 Å². The number of ether oxygens (including phenoxy) is 1. The number of nitrogens with one attached hydrogen (secondary N) is 1. The van der Waals surface area contributed by atoms with E-state index >= 15 is 0 Å². The number of carbonyl (C=O) groups is 1. The Bertz CT molecular complexity index is 809. The van der Waals surface area contributed by atoms with E-state index in [1.807, 2.05) is 0 Å². The largest absolute Gasteiger partial charge is 0.479 e. The van der Waals surface area contributed by atoms with Gasteiger partial charge in [-0.25, -0.2) is 4.79 Å².